The van der Waals surface area contributed by atoms with Crippen molar-refractivity contribution in [2.45, 2.75) is 116 Å². The first-order valence-electron chi connectivity index (χ1n) is 18.0. The van der Waals surface area contributed by atoms with Gasteiger partial charge < -0.3 is 58.2 Å². The van der Waals surface area contributed by atoms with Crippen LogP contribution in [0.15, 0.2) is 17.1 Å². The maximum absolute atomic E-state index is 13.9. The Hall–Kier alpha value is -5.37. The monoisotopic (exact) mass is 894 g/mol. The number of aromatic nitrogens is 2. The summed E-state index contributed by atoms with van der Waals surface area (Å²) in [6.07, 6.45) is -13.3. The molecule has 340 valence electrons. The van der Waals surface area contributed by atoms with E-state index < -0.39 is 142 Å². The molecule has 1 aromatic rings. The van der Waals surface area contributed by atoms with Gasteiger partial charge in [0.05, 0.1) is 26.2 Å². The van der Waals surface area contributed by atoms with Crippen molar-refractivity contribution in [2.75, 3.05) is 32.8 Å². The number of hydrogen-bond donors (Lipinski definition) is 3. The molecule has 2 saturated heterocycles. The van der Waals surface area contributed by atoms with E-state index >= 15 is 0 Å². The topological polar surface area (TPSA) is 334 Å². The SMILES string of the molecule is COC(=O)[C@]1(OP(=O)(O)OC[C@H]2O[C@@H](n3ccc(NC(C)=O)nc3=O)[C@H](OC(C)=O)[C@@H]2OC(C)=O)C[C@H](OC(C)=O)[C@@H](NC(C)=O)[C@H]([C@H](OC(C)=O)[C@@H](COC(C)=O)OC)O1. The van der Waals surface area contributed by atoms with E-state index in [0.717, 1.165) is 66.5 Å². The van der Waals surface area contributed by atoms with Gasteiger partial charge >= 0.3 is 49.3 Å². The van der Waals surface area contributed by atoms with Gasteiger partial charge in [-0.3, -0.25) is 42.7 Å². The summed E-state index contributed by atoms with van der Waals surface area (Å²) in [4.78, 5) is 127. The predicted molar refractivity (Wildman–Crippen MR) is 195 cm³/mol. The van der Waals surface area contributed by atoms with Crippen LogP contribution < -0.4 is 16.3 Å². The van der Waals surface area contributed by atoms with Crippen LogP contribution in [0.3, 0.4) is 0 Å². The van der Waals surface area contributed by atoms with Crippen LogP contribution in [0.4, 0.5) is 5.82 Å². The van der Waals surface area contributed by atoms with Crippen LogP contribution in [-0.4, -0.2) is 144 Å². The summed E-state index contributed by atoms with van der Waals surface area (Å²) in [5.41, 5.74) is -1.05. The van der Waals surface area contributed by atoms with Gasteiger partial charge in [0.25, 0.3) is 5.79 Å². The van der Waals surface area contributed by atoms with Gasteiger partial charge in [-0.15, -0.1) is 0 Å². The Morgan fingerprint density at radius 2 is 1.54 bits per heavy atom. The minimum Gasteiger partial charge on any atom is -0.465 e. The number of ether oxygens (including phenoxy) is 9. The van der Waals surface area contributed by atoms with Gasteiger partial charge in [-0.2, -0.15) is 4.98 Å². The van der Waals surface area contributed by atoms with E-state index in [1.54, 1.807) is 0 Å². The molecule has 26 nitrogen and oxygen atoms in total. The molecular weight excluding hydrogens is 847 g/mol. The van der Waals surface area contributed by atoms with Gasteiger partial charge in [0, 0.05) is 61.8 Å². The molecule has 2 aliphatic heterocycles. The number of phosphoric ester groups is 1. The summed E-state index contributed by atoms with van der Waals surface area (Å²) in [5.74, 6) is -10.9. The molecule has 0 aromatic carbocycles. The smallest absolute Gasteiger partial charge is 0.465 e. The van der Waals surface area contributed by atoms with Crippen molar-refractivity contribution < 1.29 is 99.5 Å². The van der Waals surface area contributed by atoms with Gasteiger partial charge in [0.1, 0.15) is 36.8 Å². The van der Waals surface area contributed by atoms with Crippen LogP contribution in [0.1, 0.15) is 61.1 Å². The summed E-state index contributed by atoms with van der Waals surface area (Å²) in [7, 11) is -3.80. The number of esters is 6. The Morgan fingerprint density at radius 1 is 0.918 bits per heavy atom. The molecule has 27 heteroatoms. The normalized spacial score (nSPS) is 26.6. The average molecular weight is 895 g/mol. The summed E-state index contributed by atoms with van der Waals surface area (Å²) in [6.45, 7) is 5.45. The molecule has 2 amide bonds. The maximum Gasteiger partial charge on any atom is 0.475 e. The number of carbonyl (C=O) groups excluding carboxylic acids is 8. The number of hydrogen-bond acceptors (Lipinski definition) is 22. The highest BCUT2D eigenvalue weighted by Crippen LogP contribution is 2.52. The van der Waals surface area contributed by atoms with E-state index in [9.17, 15) is 52.6 Å². The van der Waals surface area contributed by atoms with Crippen molar-refractivity contribution in [3.63, 3.8) is 0 Å². The molecule has 3 N–H and O–H groups in total. The Balaban J connectivity index is 2.10. The lowest BCUT2D eigenvalue weighted by molar-refractivity contribution is -0.293. The van der Waals surface area contributed by atoms with Crippen LogP contribution in [0.5, 0.6) is 0 Å². The molecule has 3 heterocycles. The number of amides is 2. The fourth-order valence-electron chi connectivity index (χ4n) is 6.33. The van der Waals surface area contributed by atoms with Gasteiger partial charge in [-0.1, -0.05) is 0 Å². The molecule has 11 atom stereocenters. The number of nitrogens with one attached hydrogen (secondary N) is 2. The number of nitrogens with zero attached hydrogens (tertiary/aromatic N) is 2. The molecule has 1 unspecified atom stereocenters. The Kier molecular flexibility index (Phi) is 17.6. The van der Waals surface area contributed by atoms with Crippen LogP contribution in [-0.2, 0) is 94.6 Å². The number of anilines is 1. The summed E-state index contributed by atoms with van der Waals surface area (Å²) < 4.78 is 74.2. The van der Waals surface area contributed by atoms with Gasteiger partial charge in [-0.05, 0) is 6.07 Å². The van der Waals surface area contributed by atoms with Crippen LogP contribution in [0.25, 0.3) is 0 Å². The molecule has 0 bridgehead atoms. The van der Waals surface area contributed by atoms with Gasteiger partial charge in [0.15, 0.2) is 24.5 Å². The highest BCUT2D eigenvalue weighted by atomic mass is 31.2. The second-order valence-corrected chi connectivity index (χ2v) is 14.7. The number of rotatable bonds is 18. The van der Waals surface area contributed by atoms with E-state index in [2.05, 4.69) is 15.6 Å². The largest absolute Gasteiger partial charge is 0.475 e. The second-order valence-electron chi connectivity index (χ2n) is 13.3. The number of methoxy groups -OCH3 is 2. The van der Waals surface area contributed by atoms with Crippen molar-refractivity contribution >= 4 is 61.3 Å². The summed E-state index contributed by atoms with van der Waals surface area (Å²) in [5, 5.41) is 4.78. The first kappa shape index (κ1) is 50.0. The predicted octanol–water partition coefficient (Wildman–Crippen LogP) is -1.30. The van der Waals surface area contributed by atoms with Crippen molar-refractivity contribution in [1.29, 1.82) is 0 Å². The molecule has 0 aliphatic carbocycles. The summed E-state index contributed by atoms with van der Waals surface area (Å²) >= 11 is 0. The summed E-state index contributed by atoms with van der Waals surface area (Å²) in [6, 6.07) is -0.351. The van der Waals surface area contributed by atoms with Crippen molar-refractivity contribution in [2.24, 2.45) is 0 Å². The third-order valence-corrected chi connectivity index (χ3v) is 9.44. The molecular formula is C34H47N4O22P. The van der Waals surface area contributed by atoms with Crippen molar-refractivity contribution in [3.05, 3.63) is 22.7 Å². The zero-order valence-electron chi connectivity index (χ0n) is 34.3. The lowest BCUT2D eigenvalue weighted by atomic mass is 9.88. The van der Waals surface area contributed by atoms with Gasteiger partial charge in [-0.25, -0.2) is 18.7 Å². The van der Waals surface area contributed by atoms with Crippen molar-refractivity contribution in [1.82, 2.24) is 14.9 Å². The zero-order valence-corrected chi connectivity index (χ0v) is 35.2. The van der Waals surface area contributed by atoms with E-state index in [0.29, 0.717) is 0 Å². The molecule has 2 fully saturated rings. The van der Waals surface area contributed by atoms with Crippen molar-refractivity contribution in [3.8, 4) is 0 Å². The fourth-order valence-corrected chi connectivity index (χ4v) is 7.29. The van der Waals surface area contributed by atoms with E-state index in [1.807, 2.05) is 0 Å². The molecule has 1 aromatic heterocycles. The van der Waals surface area contributed by atoms with E-state index in [-0.39, 0.29) is 5.82 Å². The molecule has 3 rings (SSSR count). The molecule has 2 aliphatic rings. The third kappa shape index (κ3) is 13.8. The first-order chi connectivity index (χ1) is 28.4. The second kappa shape index (κ2) is 21.4. The zero-order chi connectivity index (χ0) is 46.0. The molecule has 61 heavy (non-hydrogen) atoms. The molecule has 0 radical (unpaired) electrons. The Morgan fingerprint density at radius 3 is 2.05 bits per heavy atom. The first-order valence-corrected chi connectivity index (χ1v) is 19.5. The van der Waals surface area contributed by atoms with E-state index in [4.69, 9.17) is 51.7 Å². The third-order valence-electron chi connectivity index (χ3n) is 8.44. The average Bonchev–Trinajstić information content (AvgIpc) is 3.44. The lowest BCUT2D eigenvalue weighted by Gasteiger charge is -2.48. The minimum absolute atomic E-state index is 0.155. The Bertz CT molecular complexity index is 1940. The highest BCUT2D eigenvalue weighted by Gasteiger charge is 2.62. The Labute approximate surface area is 346 Å². The van der Waals surface area contributed by atoms with E-state index in [1.165, 1.54) is 13.0 Å². The van der Waals surface area contributed by atoms with Crippen LogP contribution in [0.2, 0.25) is 0 Å². The molecule has 0 saturated carbocycles. The van der Waals surface area contributed by atoms with Crippen LogP contribution >= 0.6 is 7.82 Å². The lowest BCUT2D eigenvalue weighted by Crippen LogP contribution is -2.69. The maximum atomic E-state index is 13.9. The fraction of sp³-hybridized carbons (Fsp3) is 0.647. The number of phosphoric acid groups is 1. The van der Waals surface area contributed by atoms with Gasteiger partial charge in [0.2, 0.25) is 11.8 Å². The molecule has 0 spiro atoms. The minimum atomic E-state index is -5.74. The highest BCUT2D eigenvalue weighted by molar-refractivity contribution is 7.47. The quantitative estimate of drug-likeness (QED) is 0.0876. The van der Waals surface area contributed by atoms with Crippen LogP contribution in [0, 0.1) is 0 Å². The standard InChI is InChI=1S/C34H47N4O22P/c1-15(39)35-25-10-11-38(33(47)37-25)31-30(57-21(7)45)28(56-20(6)44)24(58-31)14-53-61(48,49)60-34(32(46)51-9)12-22(54-18(4)42)26(36-16(2)40)29(59-34)27(55-19(5)43)23(50-8)13-52-17(3)41/h10-11,22-24,26-31H,12-14H2,1-9H3,(H,36,40)(H,48,49)(H,35,37,39,47)/t22-,23+,24+,26+,27+,28+,29+,30+,31+,34+/m0/s1. The number of carbonyl (C=O) groups is 8.